The van der Waals surface area contributed by atoms with Crippen LogP contribution in [0.2, 0.25) is 0 Å². The number of nitrogens with one attached hydrogen (secondary N) is 1. The lowest BCUT2D eigenvalue weighted by Crippen LogP contribution is -2.54. The predicted molar refractivity (Wildman–Crippen MR) is 96.0 cm³/mol. The van der Waals surface area contributed by atoms with Crippen LogP contribution in [0.3, 0.4) is 0 Å². The number of nitrogens with zero attached hydrogens (tertiary/aromatic N) is 2. The summed E-state index contributed by atoms with van der Waals surface area (Å²) in [6, 6.07) is 8.87. The normalized spacial score (nSPS) is 24.2. The Labute approximate surface area is 167 Å². The molecule has 0 saturated carbocycles. The number of ether oxygens (including phenoxy) is 2. The van der Waals surface area contributed by atoms with E-state index in [2.05, 4.69) is 5.32 Å². The molecular weight excluding hydrogens is 387 g/mol. The van der Waals surface area contributed by atoms with Crippen molar-refractivity contribution in [3.05, 3.63) is 35.6 Å². The Bertz CT molecular complexity index is 815. The van der Waals surface area contributed by atoms with Crippen molar-refractivity contribution in [3.63, 3.8) is 0 Å². The Balaban J connectivity index is 2.57. The number of halogens is 3. The Morgan fingerprint density at radius 2 is 1.97 bits per heavy atom. The minimum atomic E-state index is -2.97. The Kier molecular flexibility index (Phi) is 6.76. The minimum absolute atomic E-state index is 0.0753. The van der Waals surface area contributed by atoms with Gasteiger partial charge in [-0.25, -0.2) is 18.0 Å². The zero-order chi connectivity index (χ0) is 21.8. The van der Waals surface area contributed by atoms with E-state index >= 15 is 0 Å². The van der Waals surface area contributed by atoms with Gasteiger partial charge in [0.05, 0.1) is 18.7 Å². The summed E-state index contributed by atoms with van der Waals surface area (Å²) in [5, 5.41) is 20.8. The number of alkyl halides is 2. The molecule has 0 aliphatic carbocycles. The molecule has 3 unspecified atom stereocenters. The molecule has 1 saturated heterocycles. The molecule has 6 nitrogen and oxygen atoms in total. The van der Waals surface area contributed by atoms with Gasteiger partial charge in [0.1, 0.15) is 29.0 Å². The van der Waals surface area contributed by atoms with Crippen LogP contribution >= 0.6 is 0 Å². The fourth-order valence-corrected chi connectivity index (χ4v) is 3.49. The van der Waals surface area contributed by atoms with E-state index < -0.39 is 54.0 Å². The van der Waals surface area contributed by atoms with Crippen molar-refractivity contribution in [3.8, 4) is 12.1 Å². The maximum Gasteiger partial charge on any atom is 0.408 e. The van der Waals surface area contributed by atoms with Gasteiger partial charge in [-0.2, -0.15) is 10.5 Å². The summed E-state index contributed by atoms with van der Waals surface area (Å²) >= 11 is 0. The molecule has 1 aliphatic rings. The van der Waals surface area contributed by atoms with Crippen molar-refractivity contribution in [2.75, 3.05) is 6.61 Å². The third-order valence-corrected chi connectivity index (χ3v) is 4.66. The lowest BCUT2D eigenvalue weighted by molar-refractivity contribution is -0.0413. The second-order valence-electron chi connectivity index (χ2n) is 7.84. The first-order valence-electron chi connectivity index (χ1n) is 8.99. The SMILES string of the molecule is CC(C)(C)OC(=O)NC1(c2ccccc2F)COC(C(F)F)C1CC(C#N)C#N. The highest BCUT2D eigenvalue weighted by molar-refractivity contribution is 5.69. The van der Waals surface area contributed by atoms with Gasteiger partial charge >= 0.3 is 6.09 Å². The van der Waals surface area contributed by atoms with Crippen molar-refractivity contribution >= 4 is 6.09 Å². The molecule has 1 aliphatic heterocycles. The molecule has 29 heavy (non-hydrogen) atoms. The number of rotatable bonds is 5. The average molecular weight is 409 g/mol. The molecule has 1 aromatic carbocycles. The molecule has 1 aromatic rings. The van der Waals surface area contributed by atoms with E-state index in [0.717, 1.165) is 6.07 Å². The number of hydrogen-bond donors (Lipinski definition) is 1. The highest BCUT2D eigenvalue weighted by Gasteiger charge is 2.56. The first-order valence-corrected chi connectivity index (χ1v) is 8.99. The van der Waals surface area contributed by atoms with Gasteiger partial charge in [0.25, 0.3) is 6.43 Å². The summed E-state index contributed by atoms with van der Waals surface area (Å²) in [6.07, 6.45) is -5.96. The Morgan fingerprint density at radius 3 is 2.48 bits per heavy atom. The molecule has 1 amide bonds. The molecule has 0 radical (unpaired) electrons. The summed E-state index contributed by atoms with van der Waals surface area (Å²) in [5.74, 6) is -3.22. The third kappa shape index (κ3) is 4.99. The maximum atomic E-state index is 14.7. The van der Waals surface area contributed by atoms with Crippen LogP contribution in [0.4, 0.5) is 18.0 Å². The first kappa shape index (κ1) is 22.5. The van der Waals surface area contributed by atoms with Gasteiger partial charge in [-0.15, -0.1) is 0 Å². The number of alkyl carbamates (subject to hydrolysis) is 1. The van der Waals surface area contributed by atoms with Crippen LogP contribution in [0.15, 0.2) is 24.3 Å². The molecule has 3 atom stereocenters. The Morgan fingerprint density at radius 1 is 1.34 bits per heavy atom. The van der Waals surface area contributed by atoms with Gasteiger partial charge in [-0.1, -0.05) is 18.2 Å². The smallest absolute Gasteiger partial charge is 0.408 e. The van der Waals surface area contributed by atoms with Crippen LogP contribution in [0.5, 0.6) is 0 Å². The first-order chi connectivity index (χ1) is 13.5. The van der Waals surface area contributed by atoms with E-state index in [0.29, 0.717) is 0 Å². The standard InChI is InChI=1S/C20H22F3N3O3/c1-19(2,3)29-18(27)26-20(13-6-4-5-7-15(13)21)11-28-16(17(22)23)14(20)8-12(9-24)10-25/h4-7,12,14,16-17H,8,11H2,1-3H3,(H,26,27). The molecule has 2 rings (SSSR count). The molecule has 1 fully saturated rings. The third-order valence-electron chi connectivity index (χ3n) is 4.66. The molecule has 1 heterocycles. The average Bonchev–Trinajstić information content (AvgIpc) is 2.97. The monoisotopic (exact) mass is 409 g/mol. The van der Waals surface area contributed by atoms with Crippen LogP contribution in [-0.2, 0) is 15.0 Å². The van der Waals surface area contributed by atoms with E-state index in [1.165, 1.54) is 18.2 Å². The molecule has 156 valence electrons. The van der Waals surface area contributed by atoms with Crippen LogP contribution in [0, 0.1) is 40.3 Å². The van der Waals surface area contributed by atoms with Crippen molar-refractivity contribution in [2.45, 2.75) is 50.9 Å². The summed E-state index contributed by atoms with van der Waals surface area (Å²) in [6.45, 7) is 4.40. The molecule has 0 spiro atoms. The number of amides is 1. The van der Waals surface area contributed by atoms with E-state index in [1.807, 2.05) is 0 Å². The second-order valence-corrected chi connectivity index (χ2v) is 7.84. The van der Waals surface area contributed by atoms with Gasteiger partial charge in [0.2, 0.25) is 0 Å². The zero-order valence-corrected chi connectivity index (χ0v) is 16.3. The van der Waals surface area contributed by atoms with E-state index in [1.54, 1.807) is 32.9 Å². The van der Waals surface area contributed by atoms with E-state index in [-0.39, 0.29) is 12.0 Å². The highest BCUT2D eigenvalue weighted by atomic mass is 19.3. The number of carbonyl (C=O) groups excluding carboxylic acids is 1. The molecular formula is C20H22F3N3O3. The number of nitriles is 2. The van der Waals surface area contributed by atoms with Crippen molar-refractivity contribution in [2.24, 2.45) is 11.8 Å². The summed E-state index contributed by atoms with van der Waals surface area (Å²) in [7, 11) is 0. The largest absolute Gasteiger partial charge is 0.444 e. The number of benzene rings is 1. The summed E-state index contributed by atoms with van der Waals surface area (Å²) < 4.78 is 52.6. The van der Waals surface area contributed by atoms with E-state index in [9.17, 15) is 18.0 Å². The van der Waals surface area contributed by atoms with Gasteiger partial charge < -0.3 is 14.8 Å². The highest BCUT2D eigenvalue weighted by Crippen LogP contribution is 2.45. The lowest BCUT2D eigenvalue weighted by atomic mass is 9.73. The fraction of sp³-hybridized carbons (Fsp3) is 0.550. The van der Waals surface area contributed by atoms with Gasteiger partial charge in [-0.05, 0) is 33.3 Å². The molecule has 1 N–H and O–H groups in total. The van der Waals surface area contributed by atoms with Gasteiger partial charge in [0.15, 0.2) is 0 Å². The molecule has 0 bridgehead atoms. The molecule has 0 aromatic heterocycles. The summed E-state index contributed by atoms with van der Waals surface area (Å²) in [4.78, 5) is 12.5. The van der Waals surface area contributed by atoms with Crippen LogP contribution < -0.4 is 5.32 Å². The number of carbonyl (C=O) groups is 1. The fourth-order valence-electron chi connectivity index (χ4n) is 3.49. The minimum Gasteiger partial charge on any atom is -0.444 e. The van der Waals surface area contributed by atoms with Gasteiger partial charge in [-0.3, -0.25) is 0 Å². The summed E-state index contributed by atoms with van der Waals surface area (Å²) in [5.41, 5.74) is -2.70. The van der Waals surface area contributed by atoms with Crippen molar-refractivity contribution in [1.29, 1.82) is 10.5 Å². The predicted octanol–water partition coefficient (Wildman–Crippen LogP) is 3.88. The van der Waals surface area contributed by atoms with Crippen LogP contribution in [0.1, 0.15) is 32.8 Å². The van der Waals surface area contributed by atoms with E-state index in [4.69, 9.17) is 20.0 Å². The van der Waals surface area contributed by atoms with Gasteiger partial charge in [0, 0.05) is 11.5 Å². The Hall–Kier alpha value is -2.78. The maximum absolute atomic E-state index is 14.7. The molecule has 9 heteroatoms. The van der Waals surface area contributed by atoms with Crippen LogP contribution in [-0.4, -0.2) is 30.8 Å². The second kappa shape index (κ2) is 8.71. The van der Waals surface area contributed by atoms with Crippen LogP contribution in [0.25, 0.3) is 0 Å². The topological polar surface area (TPSA) is 95.1 Å². The lowest BCUT2D eigenvalue weighted by Gasteiger charge is -2.37. The number of hydrogen-bond acceptors (Lipinski definition) is 5. The van der Waals surface area contributed by atoms with Crippen molar-refractivity contribution < 1.29 is 27.4 Å². The van der Waals surface area contributed by atoms with Crippen molar-refractivity contribution in [1.82, 2.24) is 5.32 Å². The quantitative estimate of drug-likeness (QED) is 0.796. The zero-order valence-electron chi connectivity index (χ0n) is 16.3.